The predicted molar refractivity (Wildman–Crippen MR) is 104 cm³/mol. The molecule has 0 aliphatic heterocycles. The Morgan fingerprint density at radius 1 is 1.07 bits per heavy atom. The maximum absolute atomic E-state index is 12.1. The van der Waals surface area contributed by atoms with Crippen LogP contribution < -0.4 is 20.1 Å². The van der Waals surface area contributed by atoms with Crippen LogP contribution in [-0.2, 0) is 9.59 Å². The van der Waals surface area contributed by atoms with Crippen LogP contribution in [0.2, 0.25) is 0 Å². The third-order valence-corrected chi connectivity index (χ3v) is 4.56. The summed E-state index contributed by atoms with van der Waals surface area (Å²) >= 11 is 1.60. The van der Waals surface area contributed by atoms with Gasteiger partial charge in [-0.25, -0.2) is 0 Å². The molecule has 0 aliphatic carbocycles. The van der Waals surface area contributed by atoms with Crippen molar-refractivity contribution in [3.63, 3.8) is 0 Å². The highest BCUT2D eigenvalue weighted by Gasteiger charge is 2.18. The second-order valence-corrected chi connectivity index (χ2v) is 6.40. The standard InChI is InChI=1S/C19H22N2O5S/c1-25-13-6-9-15(17(10-13)26-2)21-19(24)18(23)20-11-16(22)12-4-7-14(27-3)8-5-12/h4-10,16,22H,11H2,1-3H3,(H,20,23)(H,21,24)/t16-/m0/s1. The Morgan fingerprint density at radius 2 is 1.78 bits per heavy atom. The van der Waals surface area contributed by atoms with E-state index in [0.717, 1.165) is 4.90 Å². The minimum Gasteiger partial charge on any atom is -0.497 e. The first kappa shape index (κ1) is 20.6. The Morgan fingerprint density at radius 3 is 2.37 bits per heavy atom. The number of aliphatic hydroxyl groups excluding tert-OH is 1. The number of benzene rings is 2. The fraction of sp³-hybridized carbons (Fsp3) is 0.263. The Labute approximate surface area is 162 Å². The van der Waals surface area contributed by atoms with Crippen LogP contribution in [0, 0.1) is 0 Å². The van der Waals surface area contributed by atoms with Crippen LogP contribution in [0.25, 0.3) is 0 Å². The average Bonchev–Trinajstić information content (AvgIpc) is 2.71. The first-order valence-corrected chi connectivity index (χ1v) is 9.34. The highest BCUT2D eigenvalue weighted by atomic mass is 32.2. The zero-order chi connectivity index (χ0) is 19.8. The number of methoxy groups -OCH3 is 2. The number of aliphatic hydroxyl groups is 1. The van der Waals surface area contributed by atoms with Gasteiger partial charge < -0.3 is 25.2 Å². The maximum Gasteiger partial charge on any atom is 0.313 e. The molecule has 0 spiro atoms. The van der Waals surface area contributed by atoms with E-state index in [1.54, 1.807) is 42.1 Å². The van der Waals surface area contributed by atoms with Gasteiger partial charge in [-0.1, -0.05) is 12.1 Å². The van der Waals surface area contributed by atoms with Gasteiger partial charge in [0.1, 0.15) is 11.5 Å². The van der Waals surface area contributed by atoms with Gasteiger partial charge in [-0.3, -0.25) is 9.59 Å². The number of nitrogens with one attached hydrogen (secondary N) is 2. The molecule has 0 fully saturated rings. The summed E-state index contributed by atoms with van der Waals surface area (Å²) in [5, 5.41) is 15.1. The van der Waals surface area contributed by atoms with Crippen molar-refractivity contribution in [2.24, 2.45) is 0 Å². The molecular formula is C19H22N2O5S. The van der Waals surface area contributed by atoms with E-state index < -0.39 is 17.9 Å². The van der Waals surface area contributed by atoms with E-state index in [4.69, 9.17) is 9.47 Å². The van der Waals surface area contributed by atoms with Gasteiger partial charge in [-0.15, -0.1) is 11.8 Å². The van der Waals surface area contributed by atoms with Crippen molar-refractivity contribution in [2.45, 2.75) is 11.0 Å². The Hall–Kier alpha value is -2.71. The lowest BCUT2D eigenvalue weighted by atomic mass is 10.1. The lowest BCUT2D eigenvalue weighted by Crippen LogP contribution is -2.37. The van der Waals surface area contributed by atoms with Gasteiger partial charge in [0.2, 0.25) is 0 Å². The largest absolute Gasteiger partial charge is 0.497 e. The number of thioether (sulfide) groups is 1. The molecule has 0 saturated carbocycles. The lowest BCUT2D eigenvalue weighted by Gasteiger charge is -2.14. The maximum atomic E-state index is 12.1. The Balaban J connectivity index is 1.92. The van der Waals surface area contributed by atoms with Crippen molar-refractivity contribution in [3.8, 4) is 11.5 Å². The predicted octanol–water partition coefficient (Wildman–Crippen LogP) is 2.21. The second kappa shape index (κ2) is 9.84. The van der Waals surface area contributed by atoms with Gasteiger partial charge in [0, 0.05) is 17.5 Å². The number of anilines is 1. The van der Waals surface area contributed by atoms with Crippen molar-refractivity contribution in [2.75, 3.05) is 32.3 Å². The van der Waals surface area contributed by atoms with E-state index in [2.05, 4.69) is 10.6 Å². The summed E-state index contributed by atoms with van der Waals surface area (Å²) < 4.78 is 10.3. The van der Waals surface area contributed by atoms with Crippen LogP contribution in [0.5, 0.6) is 11.5 Å². The molecule has 0 bridgehead atoms. The first-order valence-electron chi connectivity index (χ1n) is 8.11. The fourth-order valence-corrected chi connectivity index (χ4v) is 2.70. The molecule has 0 radical (unpaired) electrons. The molecular weight excluding hydrogens is 368 g/mol. The van der Waals surface area contributed by atoms with Crippen LogP contribution in [0.1, 0.15) is 11.7 Å². The van der Waals surface area contributed by atoms with Crippen LogP contribution in [0.3, 0.4) is 0 Å². The monoisotopic (exact) mass is 390 g/mol. The number of amides is 2. The van der Waals surface area contributed by atoms with Crippen LogP contribution in [0.15, 0.2) is 47.4 Å². The topological polar surface area (TPSA) is 96.9 Å². The smallest absolute Gasteiger partial charge is 0.313 e. The minimum absolute atomic E-state index is 0.0788. The molecule has 2 rings (SSSR count). The van der Waals surface area contributed by atoms with E-state index in [0.29, 0.717) is 22.7 Å². The van der Waals surface area contributed by atoms with Crippen LogP contribution in [-0.4, -0.2) is 43.9 Å². The third-order valence-electron chi connectivity index (χ3n) is 3.82. The number of rotatable bonds is 7. The highest BCUT2D eigenvalue weighted by Crippen LogP contribution is 2.28. The molecule has 2 amide bonds. The number of carbonyl (C=O) groups excluding carboxylic acids is 2. The molecule has 1 atom stereocenters. The summed E-state index contributed by atoms with van der Waals surface area (Å²) in [6.45, 7) is -0.0788. The molecule has 144 valence electrons. The van der Waals surface area contributed by atoms with Gasteiger partial charge in [0.05, 0.1) is 26.0 Å². The van der Waals surface area contributed by atoms with E-state index >= 15 is 0 Å². The summed E-state index contributed by atoms with van der Waals surface area (Å²) in [6.07, 6.45) is 1.05. The van der Waals surface area contributed by atoms with E-state index in [1.807, 2.05) is 18.4 Å². The molecule has 27 heavy (non-hydrogen) atoms. The highest BCUT2D eigenvalue weighted by molar-refractivity contribution is 7.98. The number of hydrogen-bond acceptors (Lipinski definition) is 6. The molecule has 7 nitrogen and oxygen atoms in total. The van der Waals surface area contributed by atoms with Gasteiger partial charge >= 0.3 is 11.8 Å². The van der Waals surface area contributed by atoms with Crippen LogP contribution in [0.4, 0.5) is 5.69 Å². The zero-order valence-electron chi connectivity index (χ0n) is 15.3. The number of carbonyl (C=O) groups is 2. The minimum atomic E-state index is -0.909. The lowest BCUT2D eigenvalue weighted by molar-refractivity contribution is -0.136. The van der Waals surface area contributed by atoms with Crippen molar-refractivity contribution < 1.29 is 24.2 Å². The second-order valence-electron chi connectivity index (χ2n) is 5.52. The molecule has 0 aliphatic rings. The summed E-state index contributed by atoms with van der Waals surface area (Å²) in [5.41, 5.74) is 0.997. The number of ether oxygens (including phenoxy) is 2. The fourth-order valence-electron chi connectivity index (χ4n) is 2.29. The molecule has 2 aromatic carbocycles. The SMILES string of the molecule is COc1ccc(NC(=O)C(=O)NC[C@H](O)c2ccc(SC)cc2)c(OC)c1. The summed E-state index contributed by atoms with van der Waals surface area (Å²) in [5.74, 6) is -0.787. The van der Waals surface area contributed by atoms with Gasteiger partial charge in [0.25, 0.3) is 0 Å². The molecule has 2 aromatic rings. The molecule has 3 N–H and O–H groups in total. The van der Waals surface area contributed by atoms with Gasteiger partial charge in [0.15, 0.2) is 0 Å². The van der Waals surface area contributed by atoms with Crippen molar-refractivity contribution in [1.29, 1.82) is 0 Å². The zero-order valence-corrected chi connectivity index (χ0v) is 16.1. The molecule has 8 heteroatoms. The third kappa shape index (κ3) is 5.63. The molecule has 0 saturated heterocycles. The van der Waals surface area contributed by atoms with Crippen molar-refractivity contribution in [3.05, 3.63) is 48.0 Å². The molecule has 0 heterocycles. The van der Waals surface area contributed by atoms with Gasteiger partial charge in [-0.05, 0) is 36.1 Å². The van der Waals surface area contributed by atoms with E-state index in [1.165, 1.54) is 14.2 Å². The average molecular weight is 390 g/mol. The van der Waals surface area contributed by atoms with Crippen LogP contribution >= 0.6 is 11.8 Å². The van der Waals surface area contributed by atoms with E-state index in [-0.39, 0.29) is 6.54 Å². The van der Waals surface area contributed by atoms with E-state index in [9.17, 15) is 14.7 Å². The van der Waals surface area contributed by atoms with Crippen molar-refractivity contribution in [1.82, 2.24) is 5.32 Å². The Kier molecular flexibility index (Phi) is 7.51. The molecule has 0 unspecified atom stereocenters. The van der Waals surface area contributed by atoms with Gasteiger partial charge in [-0.2, -0.15) is 0 Å². The normalized spacial score (nSPS) is 11.4. The first-order chi connectivity index (χ1) is 13.0. The van der Waals surface area contributed by atoms with Crippen molar-refractivity contribution >= 4 is 29.3 Å². The summed E-state index contributed by atoms with van der Waals surface area (Å²) in [6, 6.07) is 12.1. The molecule has 0 aromatic heterocycles. The quantitative estimate of drug-likeness (QED) is 0.495. The number of hydrogen-bond donors (Lipinski definition) is 3. The summed E-state index contributed by atoms with van der Waals surface area (Å²) in [7, 11) is 2.96. The summed E-state index contributed by atoms with van der Waals surface area (Å²) in [4.78, 5) is 25.1. The Bertz CT molecular complexity index is 795.